The average molecular weight is 845 g/mol. The Morgan fingerprint density at radius 1 is 0.483 bits per heavy atom. The Labute approximate surface area is 357 Å². The number of benzene rings is 6. The molecule has 12 heteroatoms. The van der Waals surface area contributed by atoms with Crippen molar-refractivity contribution >= 4 is 81.9 Å². The number of fused-ring (bicyclic) bond motifs is 8. The molecule has 7 rings (SSSR count). The predicted molar refractivity (Wildman–Crippen MR) is 241 cm³/mol. The summed E-state index contributed by atoms with van der Waals surface area (Å²) in [6, 6.07) is 39.2. The molecule has 1 aliphatic rings. The van der Waals surface area contributed by atoms with Crippen molar-refractivity contribution in [2.24, 2.45) is 0 Å². The van der Waals surface area contributed by atoms with Gasteiger partial charge in [-0.2, -0.15) is 0 Å². The van der Waals surface area contributed by atoms with Crippen molar-refractivity contribution in [1.29, 1.82) is 0 Å². The number of ether oxygens (including phenoxy) is 2. The lowest BCUT2D eigenvalue weighted by molar-refractivity contribution is 0.261. The largest absolute Gasteiger partial charge is 0.491 e. The Morgan fingerprint density at radius 2 is 0.862 bits per heavy atom. The van der Waals surface area contributed by atoms with Crippen molar-refractivity contribution in [2.45, 2.75) is 79.7 Å². The minimum Gasteiger partial charge on any atom is -0.491 e. The summed E-state index contributed by atoms with van der Waals surface area (Å²) in [5.74, 6) is 1.42. The second kappa shape index (κ2) is 19.5. The van der Waals surface area contributed by atoms with Crippen LogP contribution in [0.1, 0.15) is 37.8 Å². The first-order valence-corrected chi connectivity index (χ1v) is 22.3. The van der Waals surface area contributed by atoms with Crippen molar-refractivity contribution in [3.63, 3.8) is 0 Å². The highest BCUT2D eigenvalue weighted by atomic mass is 32.2. The normalized spacial score (nSPS) is 11.9. The number of urea groups is 2. The van der Waals surface area contributed by atoms with E-state index in [4.69, 9.17) is 9.47 Å². The van der Waals surface area contributed by atoms with Gasteiger partial charge in [0.15, 0.2) is 0 Å². The van der Waals surface area contributed by atoms with Crippen LogP contribution in [0, 0.1) is 13.8 Å². The van der Waals surface area contributed by atoms with Gasteiger partial charge in [-0.15, -0.1) is 0 Å². The maximum absolute atomic E-state index is 13.5. The van der Waals surface area contributed by atoms with Crippen LogP contribution in [-0.2, 0) is 0 Å². The van der Waals surface area contributed by atoms with Gasteiger partial charge in [-0.1, -0.05) is 108 Å². The maximum Gasteiger partial charge on any atom is 0.323 e. The summed E-state index contributed by atoms with van der Waals surface area (Å²) < 4.78 is 13.1. The molecule has 4 amide bonds. The van der Waals surface area contributed by atoms with Gasteiger partial charge in [0.2, 0.25) is 0 Å². The Kier molecular flexibility index (Phi) is 13.8. The molecule has 6 aromatic rings. The van der Waals surface area contributed by atoms with Crippen LogP contribution in [0.4, 0.5) is 32.3 Å². The monoisotopic (exact) mass is 844 g/mol. The molecule has 0 saturated heterocycles. The van der Waals surface area contributed by atoms with Gasteiger partial charge in [0.05, 0.1) is 44.2 Å². The van der Waals surface area contributed by atoms with Crippen LogP contribution in [-0.4, -0.2) is 25.3 Å². The van der Waals surface area contributed by atoms with Gasteiger partial charge in [-0.25, -0.2) is 9.59 Å². The van der Waals surface area contributed by atoms with Crippen LogP contribution >= 0.6 is 47.0 Å². The molecule has 0 fully saturated rings. The third-order valence-corrected chi connectivity index (χ3v) is 12.9. The minimum atomic E-state index is -0.352. The van der Waals surface area contributed by atoms with Gasteiger partial charge in [0.25, 0.3) is 0 Å². The van der Waals surface area contributed by atoms with Gasteiger partial charge in [-0.3, -0.25) is 0 Å². The van der Waals surface area contributed by atoms with Crippen molar-refractivity contribution in [1.82, 2.24) is 0 Å². The van der Waals surface area contributed by atoms with Crippen LogP contribution in [0.5, 0.6) is 11.5 Å². The number of carbonyl (C=O) groups excluding carboxylic acids is 2. The number of hydrogen-bond donors (Lipinski definition) is 4. The zero-order chi connectivity index (χ0) is 40.4. The third kappa shape index (κ3) is 10.7. The highest BCUT2D eigenvalue weighted by Gasteiger charge is 2.23. The van der Waals surface area contributed by atoms with E-state index in [1.165, 1.54) is 23.5 Å². The van der Waals surface area contributed by atoms with E-state index in [1.807, 2.05) is 92.7 Å². The number of rotatable bonds is 10. The molecule has 58 heavy (non-hydrogen) atoms. The van der Waals surface area contributed by atoms with E-state index in [9.17, 15) is 9.59 Å². The molecule has 8 nitrogen and oxygen atoms in total. The van der Waals surface area contributed by atoms with Crippen molar-refractivity contribution < 1.29 is 19.1 Å². The van der Waals surface area contributed by atoms with Crippen LogP contribution in [0.15, 0.2) is 160 Å². The highest BCUT2D eigenvalue weighted by Crippen LogP contribution is 2.51. The zero-order valence-electron chi connectivity index (χ0n) is 32.6. The molecular formula is C46H44N4O4S4. The summed E-state index contributed by atoms with van der Waals surface area (Å²) in [6.45, 7) is 9.20. The number of anilines is 4. The van der Waals surface area contributed by atoms with Crippen molar-refractivity contribution in [2.75, 3.05) is 34.5 Å². The van der Waals surface area contributed by atoms with E-state index >= 15 is 0 Å². The molecule has 0 unspecified atom stereocenters. The average Bonchev–Trinajstić information content (AvgIpc) is 3.21. The lowest BCUT2D eigenvalue weighted by Crippen LogP contribution is -2.20. The quantitative estimate of drug-likeness (QED) is 0.108. The first-order chi connectivity index (χ1) is 28.2. The SMILES string of the molecule is CCCOc1c2ccc(NC(=O)Nc3ccc(C)cc3)c1Sc1cccc(c1)Sc1c(NC(=O)Nc3ccc(C)cc3)ccc(c1OCCC)Sc1cccc(c1)S2. The number of carbonyl (C=O) groups is 2. The molecule has 0 radical (unpaired) electrons. The summed E-state index contributed by atoms with van der Waals surface area (Å²) in [6.07, 6.45) is 1.63. The lowest BCUT2D eigenvalue weighted by atomic mass is 10.2. The fourth-order valence-electron chi connectivity index (χ4n) is 5.87. The van der Waals surface area contributed by atoms with Gasteiger partial charge >= 0.3 is 12.1 Å². The van der Waals surface area contributed by atoms with Crippen LogP contribution in [0.25, 0.3) is 0 Å². The predicted octanol–water partition coefficient (Wildman–Crippen LogP) is 14.1. The molecule has 0 aliphatic carbocycles. The fraction of sp³-hybridized carbons (Fsp3) is 0.174. The van der Waals surface area contributed by atoms with E-state index in [0.717, 1.165) is 63.1 Å². The Hall–Kier alpha value is -5.14. The second-order valence-electron chi connectivity index (χ2n) is 13.5. The summed E-state index contributed by atoms with van der Waals surface area (Å²) in [4.78, 5) is 34.4. The van der Waals surface area contributed by atoms with E-state index in [2.05, 4.69) is 77.6 Å². The standard InChI is InChI=1S/C46H44N4O4S4/c1-5-25-53-41-39-23-21-37(49-45(51)47-31-17-13-29(3)14-18-31)43(41)57-35-11-8-12-36(28-35)58-44-38(50-46(52)48-32-19-15-30(4)16-20-32)22-24-40(42(44)54-26-6-2)56-34-10-7-9-33(27-34)55-39/h7-24,27-28H,5-6,25-26H2,1-4H3,(H2,47,49,51)(H2,48,50,52). The first-order valence-electron chi connectivity index (χ1n) is 19.0. The summed E-state index contributed by atoms with van der Waals surface area (Å²) in [7, 11) is 0. The van der Waals surface area contributed by atoms with Crippen molar-refractivity contribution in [3.8, 4) is 11.5 Å². The van der Waals surface area contributed by atoms with Crippen LogP contribution in [0.3, 0.4) is 0 Å². The van der Waals surface area contributed by atoms with E-state index in [1.54, 1.807) is 23.5 Å². The molecule has 6 aromatic carbocycles. The Bertz CT molecular complexity index is 2250. The Balaban J connectivity index is 1.31. The third-order valence-electron chi connectivity index (χ3n) is 8.67. The van der Waals surface area contributed by atoms with E-state index in [0.29, 0.717) is 47.5 Å². The van der Waals surface area contributed by atoms with E-state index in [-0.39, 0.29) is 12.1 Å². The lowest BCUT2D eigenvalue weighted by Gasteiger charge is -2.21. The molecule has 1 aliphatic heterocycles. The van der Waals surface area contributed by atoms with Crippen LogP contribution in [0.2, 0.25) is 0 Å². The molecule has 0 atom stereocenters. The molecule has 296 valence electrons. The second-order valence-corrected chi connectivity index (χ2v) is 17.9. The Morgan fingerprint density at radius 3 is 1.24 bits per heavy atom. The molecule has 1 heterocycles. The summed E-state index contributed by atoms with van der Waals surface area (Å²) in [5.41, 5.74) is 4.87. The zero-order valence-corrected chi connectivity index (χ0v) is 35.9. The number of nitrogens with one attached hydrogen (secondary N) is 4. The smallest absolute Gasteiger partial charge is 0.323 e. The first kappa shape index (κ1) is 41.0. The van der Waals surface area contributed by atoms with Crippen molar-refractivity contribution in [3.05, 3.63) is 132 Å². The molecule has 4 N–H and O–H groups in total. The number of aryl methyl sites for hydroxylation is 2. The number of amides is 4. The molecule has 0 spiro atoms. The summed E-state index contributed by atoms with van der Waals surface area (Å²) in [5, 5.41) is 12.2. The van der Waals surface area contributed by atoms with Crippen LogP contribution < -0.4 is 30.7 Å². The minimum absolute atomic E-state index is 0.352. The van der Waals surface area contributed by atoms with Gasteiger partial charge in [0, 0.05) is 31.0 Å². The summed E-state index contributed by atoms with van der Waals surface area (Å²) >= 11 is 6.30. The maximum atomic E-state index is 13.5. The molecular weight excluding hydrogens is 801 g/mol. The molecule has 0 aromatic heterocycles. The topological polar surface area (TPSA) is 101 Å². The highest BCUT2D eigenvalue weighted by molar-refractivity contribution is 8.01. The van der Waals surface area contributed by atoms with Gasteiger partial charge < -0.3 is 30.7 Å². The van der Waals surface area contributed by atoms with Gasteiger partial charge in [0.1, 0.15) is 11.5 Å². The van der Waals surface area contributed by atoms with Gasteiger partial charge in [-0.05, 0) is 112 Å². The fourth-order valence-corrected chi connectivity index (χ4v) is 10.2. The molecule has 0 saturated carbocycles. The van der Waals surface area contributed by atoms with E-state index < -0.39 is 0 Å². The molecule has 8 bridgehead atoms. The number of hydrogen-bond acceptors (Lipinski definition) is 8.